The monoisotopic (exact) mass is 395 g/mol. The average Bonchev–Trinajstić information content (AvgIpc) is 3.24. The fourth-order valence-electron chi connectivity index (χ4n) is 4.77. The van der Waals surface area contributed by atoms with Crippen molar-refractivity contribution in [2.75, 3.05) is 6.61 Å². The molecule has 5 heteroatoms. The molecule has 4 nitrogen and oxygen atoms in total. The van der Waals surface area contributed by atoms with E-state index in [0.29, 0.717) is 12.8 Å². The Morgan fingerprint density at radius 3 is 2.52 bits per heavy atom. The molecule has 0 saturated heterocycles. The highest BCUT2D eigenvalue weighted by atomic mass is 19.1. The largest absolute Gasteiger partial charge is 0.455 e. The summed E-state index contributed by atoms with van der Waals surface area (Å²) in [7, 11) is 0. The van der Waals surface area contributed by atoms with Gasteiger partial charge >= 0.3 is 5.97 Å². The number of esters is 1. The van der Waals surface area contributed by atoms with Crippen LogP contribution in [0.2, 0.25) is 0 Å². The Kier molecular flexibility index (Phi) is 5.65. The number of benzene rings is 2. The molecule has 2 aromatic rings. The maximum atomic E-state index is 13.3. The molecule has 0 heterocycles. The summed E-state index contributed by atoms with van der Waals surface area (Å²) in [6.45, 7) is -0.291. The molecule has 1 amide bonds. The summed E-state index contributed by atoms with van der Waals surface area (Å²) < 4.78 is 18.8. The van der Waals surface area contributed by atoms with E-state index >= 15 is 0 Å². The predicted octanol–water partition coefficient (Wildman–Crippen LogP) is 4.37. The molecule has 29 heavy (non-hydrogen) atoms. The van der Waals surface area contributed by atoms with E-state index < -0.39 is 5.41 Å². The smallest absolute Gasteiger partial charge is 0.317 e. The van der Waals surface area contributed by atoms with E-state index in [4.69, 9.17) is 4.74 Å². The maximum Gasteiger partial charge on any atom is 0.317 e. The second kappa shape index (κ2) is 8.36. The molecule has 1 saturated carbocycles. The van der Waals surface area contributed by atoms with E-state index in [9.17, 15) is 14.0 Å². The Morgan fingerprint density at radius 2 is 1.76 bits per heavy atom. The Bertz CT molecular complexity index is 887. The van der Waals surface area contributed by atoms with Crippen LogP contribution in [0, 0.1) is 5.82 Å². The zero-order valence-corrected chi connectivity index (χ0v) is 16.5. The molecular formula is C24H26FNO3. The molecule has 2 aromatic carbocycles. The van der Waals surface area contributed by atoms with E-state index in [-0.39, 0.29) is 30.3 Å². The second-order valence-corrected chi connectivity index (χ2v) is 8.08. The highest BCUT2D eigenvalue weighted by molar-refractivity contribution is 5.87. The van der Waals surface area contributed by atoms with Crippen LogP contribution in [0.15, 0.2) is 48.5 Å². The van der Waals surface area contributed by atoms with Crippen LogP contribution in [0.3, 0.4) is 0 Å². The third-order valence-electron chi connectivity index (χ3n) is 6.28. The first-order chi connectivity index (χ1) is 14.1. The zero-order chi connectivity index (χ0) is 20.3. The minimum atomic E-state index is -0.772. The van der Waals surface area contributed by atoms with Gasteiger partial charge in [-0.25, -0.2) is 4.39 Å². The molecule has 0 radical (unpaired) electrons. The van der Waals surface area contributed by atoms with Gasteiger partial charge in [0.2, 0.25) is 0 Å². The molecule has 1 unspecified atom stereocenters. The van der Waals surface area contributed by atoms with Gasteiger partial charge in [0.05, 0.1) is 11.5 Å². The third-order valence-corrected chi connectivity index (χ3v) is 6.28. The van der Waals surface area contributed by atoms with Crippen LogP contribution < -0.4 is 5.32 Å². The van der Waals surface area contributed by atoms with Crippen LogP contribution in [0.5, 0.6) is 0 Å². The zero-order valence-electron chi connectivity index (χ0n) is 16.5. The van der Waals surface area contributed by atoms with Crippen LogP contribution >= 0.6 is 0 Å². The Labute approximate surface area is 170 Å². The van der Waals surface area contributed by atoms with Crippen molar-refractivity contribution in [3.05, 3.63) is 71.0 Å². The second-order valence-electron chi connectivity index (χ2n) is 8.08. The first-order valence-electron chi connectivity index (χ1n) is 10.4. The number of aryl methyl sites for hydroxylation is 1. The number of ether oxygens (including phenoxy) is 1. The van der Waals surface area contributed by atoms with Crippen molar-refractivity contribution in [1.82, 2.24) is 5.32 Å². The fourth-order valence-corrected chi connectivity index (χ4v) is 4.77. The van der Waals surface area contributed by atoms with E-state index in [1.165, 1.54) is 17.7 Å². The molecule has 152 valence electrons. The molecule has 1 atom stereocenters. The van der Waals surface area contributed by atoms with Crippen molar-refractivity contribution in [1.29, 1.82) is 0 Å². The lowest BCUT2D eigenvalue weighted by Crippen LogP contribution is -2.39. The molecule has 1 fully saturated rings. The summed E-state index contributed by atoms with van der Waals surface area (Å²) in [6, 6.07) is 14.2. The number of carbonyl (C=O) groups is 2. The van der Waals surface area contributed by atoms with Crippen molar-refractivity contribution >= 4 is 11.9 Å². The van der Waals surface area contributed by atoms with Crippen molar-refractivity contribution < 1.29 is 18.7 Å². The van der Waals surface area contributed by atoms with Crippen LogP contribution in [0.4, 0.5) is 4.39 Å². The minimum absolute atomic E-state index is 0.0382. The molecule has 0 bridgehead atoms. The number of amides is 1. The fraction of sp³-hybridized carbons (Fsp3) is 0.417. The minimum Gasteiger partial charge on any atom is -0.455 e. The highest BCUT2D eigenvalue weighted by Crippen LogP contribution is 2.42. The van der Waals surface area contributed by atoms with E-state index in [1.54, 1.807) is 12.1 Å². The van der Waals surface area contributed by atoms with Gasteiger partial charge in [0.1, 0.15) is 5.82 Å². The maximum absolute atomic E-state index is 13.3. The van der Waals surface area contributed by atoms with Crippen LogP contribution in [-0.4, -0.2) is 18.5 Å². The summed E-state index contributed by atoms with van der Waals surface area (Å²) in [5.74, 6) is -1.00. The van der Waals surface area contributed by atoms with Crippen LogP contribution in [0.25, 0.3) is 0 Å². The topological polar surface area (TPSA) is 55.4 Å². The average molecular weight is 395 g/mol. The number of halogens is 1. The quantitative estimate of drug-likeness (QED) is 0.765. The summed E-state index contributed by atoms with van der Waals surface area (Å²) in [5, 5.41) is 3.02. The van der Waals surface area contributed by atoms with Gasteiger partial charge in [-0.1, -0.05) is 49.2 Å². The highest BCUT2D eigenvalue weighted by Gasteiger charge is 2.44. The molecule has 0 spiro atoms. The summed E-state index contributed by atoms with van der Waals surface area (Å²) in [5.41, 5.74) is 2.41. The number of rotatable bonds is 5. The SMILES string of the molecule is O=C(COC(=O)C1(c2ccc(F)cc2)CCCC1)NC1CCCc2ccccc21. The summed E-state index contributed by atoms with van der Waals surface area (Å²) >= 11 is 0. The molecule has 0 aliphatic heterocycles. The van der Waals surface area contributed by atoms with Crippen molar-refractivity contribution in [3.8, 4) is 0 Å². The van der Waals surface area contributed by atoms with Crippen LogP contribution in [0.1, 0.15) is 61.3 Å². The van der Waals surface area contributed by atoms with Gasteiger partial charge < -0.3 is 10.1 Å². The van der Waals surface area contributed by atoms with Gasteiger partial charge in [0, 0.05) is 0 Å². The Hall–Kier alpha value is -2.69. The van der Waals surface area contributed by atoms with Gasteiger partial charge in [-0.2, -0.15) is 0 Å². The number of fused-ring (bicyclic) bond motifs is 1. The normalized spacial score (nSPS) is 20.0. The Balaban J connectivity index is 1.40. The van der Waals surface area contributed by atoms with E-state index in [0.717, 1.165) is 43.2 Å². The number of nitrogens with one attached hydrogen (secondary N) is 1. The van der Waals surface area contributed by atoms with Gasteiger partial charge in [0.25, 0.3) is 5.91 Å². The molecular weight excluding hydrogens is 369 g/mol. The van der Waals surface area contributed by atoms with Gasteiger partial charge in [-0.05, 0) is 60.9 Å². The summed E-state index contributed by atoms with van der Waals surface area (Å²) in [4.78, 5) is 25.4. The first-order valence-corrected chi connectivity index (χ1v) is 10.4. The Morgan fingerprint density at radius 1 is 1.03 bits per heavy atom. The van der Waals surface area contributed by atoms with E-state index in [2.05, 4.69) is 11.4 Å². The van der Waals surface area contributed by atoms with Crippen LogP contribution in [-0.2, 0) is 26.2 Å². The third kappa shape index (κ3) is 4.04. The molecule has 0 aromatic heterocycles. The van der Waals surface area contributed by atoms with Crippen molar-refractivity contribution in [2.24, 2.45) is 0 Å². The predicted molar refractivity (Wildman–Crippen MR) is 108 cm³/mol. The number of hydrogen-bond donors (Lipinski definition) is 1. The van der Waals surface area contributed by atoms with Crippen molar-refractivity contribution in [2.45, 2.75) is 56.4 Å². The lowest BCUT2D eigenvalue weighted by Gasteiger charge is -2.28. The summed E-state index contributed by atoms with van der Waals surface area (Å²) in [6.07, 6.45) is 6.09. The number of hydrogen-bond acceptors (Lipinski definition) is 3. The van der Waals surface area contributed by atoms with E-state index in [1.807, 2.05) is 18.2 Å². The van der Waals surface area contributed by atoms with Crippen molar-refractivity contribution in [3.63, 3.8) is 0 Å². The first kappa shape index (κ1) is 19.6. The molecule has 2 aliphatic rings. The van der Waals surface area contributed by atoms with Gasteiger partial charge in [-0.3, -0.25) is 9.59 Å². The molecule has 2 aliphatic carbocycles. The molecule has 4 rings (SSSR count). The molecule has 1 N–H and O–H groups in total. The number of carbonyl (C=O) groups excluding carboxylic acids is 2. The lowest BCUT2D eigenvalue weighted by molar-refractivity contribution is -0.154. The van der Waals surface area contributed by atoms with Gasteiger partial charge in [0.15, 0.2) is 6.61 Å². The van der Waals surface area contributed by atoms with Gasteiger partial charge in [-0.15, -0.1) is 0 Å². The lowest BCUT2D eigenvalue weighted by atomic mass is 9.79. The standard InChI is InChI=1S/C24H26FNO3/c25-19-12-10-18(11-13-19)24(14-3-4-15-24)23(28)29-16-22(27)26-21-9-5-7-17-6-1-2-8-20(17)21/h1-2,6,8,10-13,21H,3-5,7,9,14-16H2,(H,26,27).